The van der Waals surface area contributed by atoms with Crippen LogP contribution in [-0.4, -0.2) is 32.1 Å². The number of fused-ring (bicyclic) bond motifs is 1. The van der Waals surface area contributed by atoms with Gasteiger partial charge in [0.2, 0.25) is 0 Å². The van der Waals surface area contributed by atoms with E-state index in [4.69, 9.17) is 5.73 Å². The van der Waals surface area contributed by atoms with Gasteiger partial charge in [-0.3, -0.25) is 9.79 Å². The second kappa shape index (κ2) is 8.40. The molecule has 3 N–H and O–H groups in total. The first-order valence-corrected chi connectivity index (χ1v) is 8.64. The van der Waals surface area contributed by atoms with Crippen LogP contribution < -0.4 is 16.0 Å². The van der Waals surface area contributed by atoms with Crippen LogP contribution in [0.15, 0.2) is 58.2 Å². The number of thioether (sulfide) groups is 1. The van der Waals surface area contributed by atoms with Gasteiger partial charge in [0.15, 0.2) is 5.70 Å². The zero-order chi connectivity index (χ0) is 17.5. The Morgan fingerprint density at radius 2 is 2.00 bits per heavy atom. The molecule has 6 heteroatoms. The minimum absolute atomic E-state index is 0.164. The van der Waals surface area contributed by atoms with Gasteiger partial charge in [0.1, 0.15) is 5.03 Å². The van der Waals surface area contributed by atoms with Crippen molar-refractivity contribution in [2.45, 2.75) is 6.92 Å². The number of rotatable bonds is 8. The Balaban J connectivity index is 2.21. The monoisotopic (exact) mass is 342 g/mol. The van der Waals surface area contributed by atoms with E-state index < -0.39 is 5.91 Å². The van der Waals surface area contributed by atoms with Crippen molar-refractivity contribution in [3.8, 4) is 0 Å². The van der Waals surface area contributed by atoms with Gasteiger partial charge < -0.3 is 16.0 Å². The highest BCUT2D eigenvalue weighted by Gasteiger charge is 2.13. The van der Waals surface area contributed by atoms with Gasteiger partial charge >= 0.3 is 0 Å². The summed E-state index contributed by atoms with van der Waals surface area (Å²) in [6.45, 7) is 6.35. The van der Waals surface area contributed by atoms with Crippen molar-refractivity contribution in [2.24, 2.45) is 10.7 Å². The predicted octanol–water partition coefficient (Wildman–Crippen LogP) is 2.93. The summed E-state index contributed by atoms with van der Waals surface area (Å²) in [7, 11) is 1.74. The first kappa shape index (κ1) is 17.9. The molecule has 0 aliphatic heterocycles. The lowest BCUT2D eigenvalue weighted by atomic mass is 10.1. The standard InChI is InChI=1S/C18H22N4OS/c1-4-22(12-24-18(21-3)16(20-2)17(19)23)15-10-9-13-7-5-6-8-14(13)11-15/h5-11,21H,2,4,12H2,1,3H3,(H2,19,23)/b18-16-. The summed E-state index contributed by atoms with van der Waals surface area (Å²) in [6.07, 6.45) is 0. The fourth-order valence-electron chi connectivity index (χ4n) is 2.38. The molecule has 2 rings (SSSR count). The molecule has 2 aromatic carbocycles. The fourth-order valence-corrected chi connectivity index (χ4v) is 3.45. The molecular weight excluding hydrogens is 320 g/mol. The van der Waals surface area contributed by atoms with Crippen molar-refractivity contribution in [2.75, 3.05) is 24.4 Å². The summed E-state index contributed by atoms with van der Waals surface area (Å²) >= 11 is 1.48. The number of anilines is 1. The van der Waals surface area contributed by atoms with Crippen molar-refractivity contribution in [1.82, 2.24) is 5.32 Å². The summed E-state index contributed by atoms with van der Waals surface area (Å²) in [5.41, 5.74) is 6.63. The molecule has 0 atom stereocenters. The number of amides is 1. The Bertz CT molecular complexity index is 772. The van der Waals surface area contributed by atoms with E-state index in [-0.39, 0.29) is 5.70 Å². The van der Waals surface area contributed by atoms with Crippen LogP contribution in [0.3, 0.4) is 0 Å². The molecule has 0 heterocycles. The van der Waals surface area contributed by atoms with E-state index in [1.165, 1.54) is 22.5 Å². The Hall–Kier alpha value is -2.47. The topological polar surface area (TPSA) is 70.7 Å². The Morgan fingerprint density at radius 1 is 1.29 bits per heavy atom. The number of nitrogens with two attached hydrogens (primary N) is 1. The van der Waals surface area contributed by atoms with Crippen molar-refractivity contribution in [3.05, 3.63) is 53.2 Å². The van der Waals surface area contributed by atoms with Gasteiger partial charge in [-0.1, -0.05) is 42.1 Å². The van der Waals surface area contributed by atoms with Gasteiger partial charge in [-0.05, 0) is 36.5 Å². The largest absolute Gasteiger partial charge is 0.381 e. The van der Waals surface area contributed by atoms with Crippen LogP contribution in [0, 0.1) is 0 Å². The lowest BCUT2D eigenvalue weighted by Gasteiger charge is -2.24. The molecule has 0 bridgehead atoms. The molecule has 126 valence electrons. The Kier molecular flexibility index (Phi) is 6.26. The Labute approximate surface area is 146 Å². The van der Waals surface area contributed by atoms with Crippen LogP contribution in [0.1, 0.15) is 6.92 Å². The third-order valence-electron chi connectivity index (χ3n) is 3.68. The summed E-state index contributed by atoms with van der Waals surface area (Å²) in [5, 5.41) is 6.02. The molecule has 5 nitrogen and oxygen atoms in total. The molecule has 0 aliphatic carbocycles. The van der Waals surface area contributed by atoms with Gasteiger partial charge in [-0.15, -0.1) is 0 Å². The number of hydrogen-bond donors (Lipinski definition) is 2. The van der Waals surface area contributed by atoms with Gasteiger partial charge in [-0.25, -0.2) is 0 Å². The van der Waals surface area contributed by atoms with Gasteiger partial charge in [0.05, 0.1) is 5.88 Å². The molecule has 1 amide bonds. The number of hydrogen-bond acceptors (Lipinski definition) is 5. The van der Waals surface area contributed by atoms with Crippen molar-refractivity contribution in [3.63, 3.8) is 0 Å². The molecule has 0 aliphatic rings. The normalized spacial score (nSPS) is 11.8. The van der Waals surface area contributed by atoms with Crippen LogP contribution in [0.5, 0.6) is 0 Å². The van der Waals surface area contributed by atoms with Crippen LogP contribution in [0.4, 0.5) is 5.69 Å². The minimum atomic E-state index is -0.587. The molecule has 0 unspecified atom stereocenters. The van der Waals surface area contributed by atoms with E-state index in [2.05, 4.69) is 59.2 Å². The second-order valence-corrected chi connectivity index (χ2v) is 6.07. The van der Waals surface area contributed by atoms with E-state index in [1.54, 1.807) is 7.05 Å². The van der Waals surface area contributed by atoms with E-state index in [1.807, 2.05) is 12.1 Å². The van der Waals surface area contributed by atoms with E-state index in [9.17, 15) is 4.79 Å². The van der Waals surface area contributed by atoms with Crippen LogP contribution in [0.25, 0.3) is 10.8 Å². The average Bonchev–Trinajstić information content (AvgIpc) is 2.60. The van der Waals surface area contributed by atoms with Crippen molar-refractivity contribution < 1.29 is 4.79 Å². The van der Waals surface area contributed by atoms with Crippen LogP contribution >= 0.6 is 11.8 Å². The minimum Gasteiger partial charge on any atom is -0.381 e. The van der Waals surface area contributed by atoms with Crippen LogP contribution in [0.2, 0.25) is 0 Å². The molecule has 2 aromatic rings. The van der Waals surface area contributed by atoms with Crippen molar-refractivity contribution in [1.29, 1.82) is 0 Å². The quantitative estimate of drug-likeness (QED) is 0.440. The molecule has 0 radical (unpaired) electrons. The molecule has 0 saturated heterocycles. The number of aliphatic imine (C=N–C) groups is 1. The lowest BCUT2D eigenvalue weighted by molar-refractivity contribution is -0.114. The molecule has 0 aromatic heterocycles. The molecule has 0 saturated carbocycles. The highest BCUT2D eigenvalue weighted by atomic mass is 32.2. The number of primary amides is 1. The fraction of sp³-hybridized carbons (Fsp3) is 0.222. The van der Waals surface area contributed by atoms with Gasteiger partial charge in [-0.2, -0.15) is 0 Å². The summed E-state index contributed by atoms with van der Waals surface area (Å²) in [4.78, 5) is 17.4. The van der Waals surface area contributed by atoms with E-state index >= 15 is 0 Å². The first-order valence-electron chi connectivity index (χ1n) is 7.65. The summed E-state index contributed by atoms with van der Waals surface area (Å²) < 4.78 is 0. The maximum Gasteiger partial charge on any atom is 0.269 e. The Morgan fingerprint density at radius 3 is 2.58 bits per heavy atom. The third kappa shape index (κ3) is 4.08. The van der Waals surface area contributed by atoms with Crippen molar-refractivity contribution >= 4 is 40.8 Å². The number of nitrogens with zero attached hydrogens (tertiary/aromatic N) is 2. The highest BCUT2D eigenvalue weighted by molar-refractivity contribution is 8.03. The first-order chi connectivity index (χ1) is 11.6. The molecular formula is C18H22N4OS. The number of carbonyl (C=O) groups is 1. The van der Waals surface area contributed by atoms with E-state index in [0.717, 1.165) is 12.2 Å². The number of nitrogens with one attached hydrogen (secondary N) is 1. The maximum atomic E-state index is 11.4. The highest BCUT2D eigenvalue weighted by Crippen LogP contribution is 2.26. The summed E-state index contributed by atoms with van der Waals surface area (Å²) in [5.74, 6) is 0.0766. The smallest absolute Gasteiger partial charge is 0.269 e. The lowest BCUT2D eigenvalue weighted by Crippen LogP contribution is -2.24. The van der Waals surface area contributed by atoms with Gasteiger partial charge in [0, 0.05) is 19.3 Å². The third-order valence-corrected chi connectivity index (χ3v) is 4.81. The molecule has 24 heavy (non-hydrogen) atoms. The average molecular weight is 342 g/mol. The number of carbonyl (C=O) groups excluding carboxylic acids is 1. The van der Waals surface area contributed by atoms with Crippen LogP contribution in [-0.2, 0) is 4.79 Å². The zero-order valence-electron chi connectivity index (χ0n) is 14.0. The molecule has 0 spiro atoms. The molecule has 0 fully saturated rings. The maximum absolute atomic E-state index is 11.4. The zero-order valence-corrected chi connectivity index (χ0v) is 14.8. The predicted molar refractivity (Wildman–Crippen MR) is 104 cm³/mol. The SMILES string of the molecule is C=N/C(C(N)=O)=C(/NC)SCN(CC)c1ccc2ccccc2c1. The summed E-state index contributed by atoms with van der Waals surface area (Å²) in [6, 6.07) is 14.7. The number of benzene rings is 2. The van der Waals surface area contributed by atoms with E-state index in [0.29, 0.717) is 10.9 Å². The van der Waals surface area contributed by atoms with Gasteiger partial charge in [0.25, 0.3) is 5.91 Å². The second-order valence-electron chi connectivity index (χ2n) is 5.11.